The molecule has 2 aromatic rings. The van der Waals surface area contributed by atoms with Gasteiger partial charge in [0.2, 0.25) is 6.41 Å². The van der Waals surface area contributed by atoms with Crippen molar-refractivity contribution < 1.29 is 14.0 Å². The maximum absolute atomic E-state index is 12.6. The normalized spacial score (nSPS) is 26.2. The molecular formula is C16H18N4O3. The molecule has 3 fully saturated rings. The zero-order chi connectivity index (χ0) is 15.8. The Morgan fingerprint density at radius 3 is 2.91 bits per heavy atom. The number of furan rings is 1. The van der Waals surface area contributed by atoms with Crippen LogP contribution in [0.1, 0.15) is 23.3 Å². The Labute approximate surface area is 133 Å². The molecule has 120 valence electrons. The Morgan fingerprint density at radius 1 is 1.39 bits per heavy atom. The molecule has 2 amide bonds. The van der Waals surface area contributed by atoms with Crippen molar-refractivity contribution >= 4 is 29.0 Å². The zero-order valence-electron chi connectivity index (χ0n) is 12.6. The highest BCUT2D eigenvalue weighted by Crippen LogP contribution is 2.29. The zero-order valence-corrected chi connectivity index (χ0v) is 12.6. The Hall–Kier alpha value is -2.41. The van der Waals surface area contributed by atoms with Gasteiger partial charge in [0.1, 0.15) is 6.26 Å². The monoisotopic (exact) mass is 314 g/mol. The molecule has 7 nitrogen and oxygen atoms in total. The van der Waals surface area contributed by atoms with Gasteiger partial charge >= 0.3 is 0 Å². The number of amides is 2. The summed E-state index contributed by atoms with van der Waals surface area (Å²) >= 11 is 0. The number of hydrogen-bond acceptors (Lipinski definition) is 5. The highest BCUT2D eigenvalue weighted by Gasteiger charge is 2.35. The Balaban J connectivity index is 1.59. The van der Waals surface area contributed by atoms with Crippen molar-refractivity contribution in [1.82, 2.24) is 15.2 Å². The number of carbonyl (C=O) groups is 2. The van der Waals surface area contributed by atoms with Crippen LogP contribution in [0, 0.1) is 5.92 Å². The summed E-state index contributed by atoms with van der Waals surface area (Å²) in [5.74, 6) is 0.327. The fraction of sp³-hybridized carbons (Fsp3) is 0.438. The summed E-state index contributed by atoms with van der Waals surface area (Å²) in [6.45, 7) is 3.16. The van der Waals surface area contributed by atoms with Crippen LogP contribution in [0.15, 0.2) is 22.9 Å². The van der Waals surface area contributed by atoms with Crippen molar-refractivity contribution in [3.8, 4) is 0 Å². The molecule has 5 heterocycles. The van der Waals surface area contributed by atoms with E-state index in [-0.39, 0.29) is 17.6 Å². The number of rotatable bonds is 4. The summed E-state index contributed by atoms with van der Waals surface area (Å²) in [6, 6.07) is 1.89. The first kappa shape index (κ1) is 14.2. The standard InChI is InChI=1S/C16H18N4O3/c21-9-18-13-8-23-15-11(13)1-4-17-14(15)16(22)19-12-7-20-5-2-10(12)3-6-20/h1,4,8-10,12H,2-3,5-7H2,(H,18,21)(H,19,22)/t12-/m0/s1. The largest absolute Gasteiger partial charge is 0.460 e. The summed E-state index contributed by atoms with van der Waals surface area (Å²) in [5, 5.41) is 6.34. The fourth-order valence-corrected chi connectivity index (χ4v) is 3.66. The van der Waals surface area contributed by atoms with E-state index in [1.165, 1.54) is 6.26 Å². The van der Waals surface area contributed by atoms with Gasteiger partial charge in [-0.1, -0.05) is 0 Å². The molecule has 0 saturated carbocycles. The van der Waals surface area contributed by atoms with Gasteiger partial charge in [0.15, 0.2) is 11.3 Å². The number of hydrogen-bond donors (Lipinski definition) is 2. The van der Waals surface area contributed by atoms with Crippen LogP contribution in [0.25, 0.3) is 11.0 Å². The van der Waals surface area contributed by atoms with Crippen molar-refractivity contribution in [2.75, 3.05) is 25.0 Å². The molecule has 1 atom stereocenters. The minimum absolute atomic E-state index is 0.171. The number of anilines is 1. The third kappa shape index (κ3) is 2.46. The molecule has 2 N–H and O–H groups in total. The van der Waals surface area contributed by atoms with E-state index < -0.39 is 0 Å². The third-order valence-corrected chi connectivity index (χ3v) is 4.89. The van der Waals surface area contributed by atoms with Crippen molar-refractivity contribution in [3.05, 3.63) is 24.2 Å². The lowest BCUT2D eigenvalue weighted by Crippen LogP contribution is -2.57. The molecule has 3 saturated heterocycles. The van der Waals surface area contributed by atoms with Crippen LogP contribution >= 0.6 is 0 Å². The number of pyridine rings is 1. The van der Waals surface area contributed by atoms with Crippen LogP contribution in [0.3, 0.4) is 0 Å². The lowest BCUT2D eigenvalue weighted by Gasteiger charge is -2.44. The molecule has 2 bridgehead atoms. The van der Waals surface area contributed by atoms with Gasteiger partial charge in [-0.15, -0.1) is 0 Å². The first-order chi connectivity index (χ1) is 11.3. The van der Waals surface area contributed by atoms with E-state index in [0.717, 1.165) is 32.5 Å². The van der Waals surface area contributed by atoms with Crippen molar-refractivity contribution in [2.45, 2.75) is 18.9 Å². The molecule has 0 radical (unpaired) electrons. The summed E-state index contributed by atoms with van der Waals surface area (Å²) in [4.78, 5) is 29.8. The summed E-state index contributed by atoms with van der Waals surface area (Å²) < 4.78 is 5.45. The molecule has 2 aromatic heterocycles. The second-order valence-electron chi connectivity index (χ2n) is 6.17. The van der Waals surface area contributed by atoms with Gasteiger partial charge in [-0.3, -0.25) is 9.59 Å². The molecule has 0 spiro atoms. The van der Waals surface area contributed by atoms with E-state index in [1.54, 1.807) is 12.3 Å². The molecule has 0 aromatic carbocycles. The van der Waals surface area contributed by atoms with Gasteiger partial charge in [-0.05, 0) is 37.9 Å². The minimum atomic E-state index is -0.221. The Bertz CT molecular complexity index is 749. The average Bonchev–Trinajstić information content (AvgIpc) is 2.99. The predicted molar refractivity (Wildman–Crippen MR) is 84.1 cm³/mol. The van der Waals surface area contributed by atoms with Gasteiger partial charge in [0, 0.05) is 24.2 Å². The number of aromatic nitrogens is 1. The highest BCUT2D eigenvalue weighted by molar-refractivity contribution is 6.07. The molecule has 5 rings (SSSR count). The van der Waals surface area contributed by atoms with Crippen molar-refractivity contribution in [1.29, 1.82) is 0 Å². The van der Waals surface area contributed by atoms with Crippen LogP contribution in [0.5, 0.6) is 0 Å². The third-order valence-electron chi connectivity index (χ3n) is 4.89. The molecule has 0 aliphatic carbocycles. The average molecular weight is 314 g/mol. The lowest BCUT2D eigenvalue weighted by molar-refractivity contribution is -0.105. The van der Waals surface area contributed by atoms with Gasteiger partial charge in [-0.2, -0.15) is 0 Å². The number of fused-ring (bicyclic) bond motifs is 4. The van der Waals surface area contributed by atoms with Crippen LogP contribution < -0.4 is 10.6 Å². The number of carbonyl (C=O) groups excluding carboxylic acids is 2. The van der Waals surface area contributed by atoms with Crippen LogP contribution in [0.2, 0.25) is 0 Å². The first-order valence-electron chi connectivity index (χ1n) is 7.86. The van der Waals surface area contributed by atoms with Gasteiger partial charge in [0.05, 0.1) is 5.69 Å². The minimum Gasteiger partial charge on any atom is -0.460 e. The molecule has 3 aliphatic rings. The number of piperidine rings is 3. The molecule has 3 aliphatic heterocycles. The van der Waals surface area contributed by atoms with E-state index in [1.807, 2.05) is 0 Å². The summed E-state index contributed by atoms with van der Waals surface area (Å²) in [6.07, 6.45) is 5.83. The Morgan fingerprint density at radius 2 is 2.22 bits per heavy atom. The Kier molecular flexibility index (Phi) is 3.49. The van der Waals surface area contributed by atoms with E-state index in [9.17, 15) is 9.59 Å². The maximum atomic E-state index is 12.6. The summed E-state index contributed by atoms with van der Waals surface area (Å²) in [7, 11) is 0. The fourth-order valence-electron chi connectivity index (χ4n) is 3.66. The maximum Gasteiger partial charge on any atom is 0.274 e. The molecule has 7 heteroatoms. The van der Waals surface area contributed by atoms with Crippen LogP contribution in [-0.4, -0.2) is 47.9 Å². The van der Waals surface area contributed by atoms with Gasteiger partial charge in [0.25, 0.3) is 5.91 Å². The summed E-state index contributed by atoms with van der Waals surface area (Å²) in [5.41, 5.74) is 1.20. The first-order valence-corrected chi connectivity index (χ1v) is 7.86. The van der Waals surface area contributed by atoms with E-state index in [2.05, 4.69) is 20.5 Å². The van der Waals surface area contributed by atoms with Gasteiger partial charge < -0.3 is 20.0 Å². The van der Waals surface area contributed by atoms with E-state index in [4.69, 9.17) is 4.42 Å². The topological polar surface area (TPSA) is 87.5 Å². The van der Waals surface area contributed by atoms with Crippen molar-refractivity contribution in [3.63, 3.8) is 0 Å². The quantitative estimate of drug-likeness (QED) is 0.829. The van der Waals surface area contributed by atoms with Crippen molar-refractivity contribution in [2.24, 2.45) is 5.92 Å². The second-order valence-corrected chi connectivity index (χ2v) is 6.17. The number of nitrogens with zero attached hydrogens (tertiary/aromatic N) is 2. The predicted octanol–water partition coefficient (Wildman–Crippen LogP) is 1.22. The van der Waals surface area contributed by atoms with Gasteiger partial charge in [-0.25, -0.2) is 4.98 Å². The second kappa shape index (κ2) is 5.66. The molecule has 0 unspecified atom stereocenters. The van der Waals surface area contributed by atoms with Crippen LogP contribution in [-0.2, 0) is 4.79 Å². The van der Waals surface area contributed by atoms with E-state index in [0.29, 0.717) is 29.0 Å². The number of nitrogens with one attached hydrogen (secondary N) is 2. The molecule has 23 heavy (non-hydrogen) atoms. The lowest BCUT2D eigenvalue weighted by atomic mass is 9.84. The van der Waals surface area contributed by atoms with E-state index >= 15 is 0 Å². The molecular weight excluding hydrogens is 296 g/mol. The van der Waals surface area contributed by atoms with Crippen LogP contribution in [0.4, 0.5) is 5.69 Å². The smallest absolute Gasteiger partial charge is 0.274 e. The SMILES string of the molecule is O=CNc1coc2c(C(=O)N[C@H]3CN4CCC3CC4)nccc12. The highest BCUT2D eigenvalue weighted by atomic mass is 16.3.